The van der Waals surface area contributed by atoms with Gasteiger partial charge in [-0.25, -0.2) is 0 Å². The number of fused-ring (bicyclic) bond motifs is 1. The van der Waals surface area contributed by atoms with Crippen LogP contribution in [0.15, 0.2) is 22.7 Å². The molecule has 0 radical (unpaired) electrons. The zero-order valence-corrected chi connectivity index (χ0v) is 13.0. The third-order valence-corrected chi connectivity index (χ3v) is 3.72. The minimum Gasteiger partial charge on any atom is -0.469 e. The van der Waals surface area contributed by atoms with Crippen molar-refractivity contribution in [2.75, 3.05) is 18.6 Å². The van der Waals surface area contributed by atoms with E-state index in [1.807, 2.05) is 0 Å². The van der Waals surface area contributed by atoms with E-state index in [1.165, 1.54) is 12.0 Å². The number of rotatable bonds is 3. The van der Waals surface area contributed by atoms with Crippen molar-refractivity contribution >= 4 is 39.3 Å². The number of esters is 1. The maximum absolute atomic E-state index is 12.1. The molecular formula is C14H14BrNO4. The van der Waals surface area contributed by atoms with Gasteiger partial charge in [0.25, 0.3) is 11.7 Å². The van der Waals surface area contributed by atoms with Crippen molar-refractivity contribution in [3.05, 3.63) is 28.2 Å². The molecule has 0 saturated carbocycles. The summed E-state index contributed by atoms with van der Waals surface area (Å²) in [6.45, 7) is 3.44. The number of benzene rings is 1. The van der Waals surface area contributed by atoms with Gasteiger partial charge < -0.3 is 9.64 Å². The molecule has 1 amide bonds. The number of methoxy groups -OCH3 is 1. The van der Waals surface area contributed by atoms with Crippen molar-refractivity contribution in [3.63, 3.8) is 0 Å². The molecule has 1 aliphatic rings. The number of Topliss-reactive ketones (excluding diaryl/α,β-unsaturated/α-hetero) is 1. The number of carbonyl (C=O) groups excluding carboxylic acids is 3. The Kier molecular flexibility index (Phi) is 3.69. The Balaban J connectivity index is 2.39. The lowest BCUT2D eigenvalue weighted by Gasteiger charge is -2.27. The Labute approximate surface area is 125 Å². The Bertz CT molecular complexity index is 609. The minimum atomic E-state index is -0.894. The molecule has 0 atom stereocenters. The van der Waals surface area contributed by atoms with Crippen LogP contribution in [0.2, 0.25) is 0 Å². The van der Waals surface area contributed by atoms with Gasteiger partial charge >= 0.3 is 5.97 Å². The molecule has 0 spiro atoms. The lowest BCUT2D eigenvalue weighted by atomic mass is 9.93. The number of carbonyl (C=O) groups is 3. The van der Waals surface area contributed by atoms with Crippen molar-refractivity contribution < 1.29 is 19.1 Å². The maximum Gasteiger partial charge on any atom is 0.313 e. The Hall–Kier alpha value is -1.69. The lowest BCUT2D eigenvalue weighted by Crippen LogP contribution is -2.42. The van der Waals surface area contributed by atoms with Crippen LogP contribution in [0.3, 0.4) is 0 Å². The summed E-state index contributed by atoms with van der Waals surface area (Å²) in [7, 11) is 1.30. The SMILES string of the molecule is COC(=O)C(C)(C)CN1C(=O)C(=O)c2ccc(Br)cc21. The van der Waals surface area contributed by atoms with E-state index in [1.54, 1.807) is 32.0 Å². The number of nitrogens with zero attached hydrogens (tertiary/aromatic N) is 1. The summed E-state index contributed by atoms with van der Waals surface area (Å²) in [5.41, 5.74) is -0.0144. The molecule has 0 aromatic heterocycles. The molecule has 0 fully saturated rings. The van der Waals surface area contributed by atoms with E-state index in [9.17, 15) is 14.4 Å². The first kappa shape index (κ1) is 14.7. The van der Waals surface area contributed by atoms with E-state index in [4.69, 9.17) is 4.74 Å². The molecule has 1 aliphatic heterocycles. The molecule has 2 rings (SSSR count). The summed E-state index contributed by atoms with van der Waals surface area (Å²) in [5.74, 6) is -1.59. The molecule has 1 heterocycles. The molecule has 0 unspecified atom stereocenters. The van der Waals surface area contributed by atoms with Gasteiger partial charge in [-0.15, -0.1) is 0 Å². The summed E-state index contributed by atoms with van der Waals surface area (Å²) in [6.07, 6.45) is 0. The number of anilines is 1. The van der Waals surface area contributed by atoms with E-state index in [-0.39, 0.29) is 6.54 Å². The molecule has 1 aromatic rings. The van der Waals surface area contributed by atoms with Gasteiger partial charge in [-0.05, 0) is 32.0 Å². The van der Waals surface area contributed by atoms with Crippen molar-refractivity contribution in [2.45, 2.75) is 13.8 Å². The Morgan fingerprint density at radius 1 is 1.35 bits per heavy atom. The van der Waals surface area contributed by atoms with Crippen molar-refractivity contribution in [1.82, 2.24) is 0 Å². The second-order valence-electron chi connectivity index (χ2n) is 5.26. The summed E-state index contributed by atoms with van der Waals surface area (Å²) >= 11 is 3.31. The number of ketones is 1. The van der Waals surface area contributed by atoms with Crippen LogP contribution in [0.25, 0.3) is 0 Å². The number of ether oxygens (including phenoxy) is 1. The first-order valence-corrected chi connectivity index (χ1v) is 6.81. The van der Waals surface area contributed by atoms with E-state index >= 15 is 0 Å². The highest BCUT2D eigenvalue weighted by Gasteiger charge is 2.41. The smallest absolute Gasteiger partial charge is 0.313 e. The fourth-order valence-corrected chi connectivity index (χ4v) is 2.51. The van der Waals surface area contributed by atoms with Crippen molar-refractivity contribution in [3.8, 4) is 0 Å². The van der Waals surface area contributed by atoms with E-state index in [2.05, 4.69) is 15.9 Å². The molecular weight excluding hydrogens is 326 g/mol. The number of hydrogen-bond donors (Lipinski definition) is 0. The number of amides is 1. The summed E-state index contributed by atoms with van der Waals surface area (Å²) < 4.78 is 5.49. The average Bonchev–Trinajstić information content (AvgIpc) is 2.62. The topological polar surface area (TPSA) is 63.7 Å². The van der Waals surface area contributed by atoms with Crippen LogP contribution in [0.4, 0.5) is 5.69 Å². The van der Waals surface area contributed by atoms with Crippen LogP contribution in [-0.4, -0.2) is 31.3 Å². The lowest BCUT2D eigenvalue weighted by molar-refractivity contribution is -0.150. The normalized spacial score (nSPS) is 14.5. The molecule has 5 nitrogen and oxygen atoms in total. The van der Waals surface area contributed by atoms with Gasteiger partial charge in [0.1, 0.15) is 0 Å². The summed E-state index contributed by atoms with van der Waals surface area (Å²) in [5, 5.41) is 0. The predicted molar refractivity (Wildman–Crippen MR) is 76.6 cm³/mol. The molecule has 0 aliphatic carbocycles. The predicted octanol–water partition coefficient (Wildman–Crippen LogP) is 2.18. The van der Waals surface area contributed by atoms with Crippen molar-refractivity contribution in [1.29, 1.82) is 0 Å². The maximum atomic E-state index is 12.1. The molecule has 0 bridgehead atoms. The van der Waals surface area contributed by atoms with E-state index < -0.39 is 23.1 Å². The van der Waals surface area contributed by atoms with Crippen LogP contribution in [-0.2, 0) is 14.3 Å². The standard InChI is InChI=1S/C14H14BrNO4/c1-14(2,13(19)20-3)7-16-10-6-8(15)4-5-9(10)11(17)12(16)18/h4-6H,7H2,1-3H3. The van der Waals surface area contributed by atoms with Gasteiger partial charge in [-0.1, -0.05) is 15.9 Å². The quantitative estimate of drug-likeness (QED) is 0.625. The summed E-state index contributed by atoms with van der Waals surface area (Å²) in [4.78, 5) is 37.1. The molecule has 20 heavy (non-hydrogen) atoms. The highest BCUT2D eigenvalue weighted by molar-refractivity contribution is 9.10. The van der Waals surface area contributed by atoms with Gasteiger partial charge in [-0.2, -0.15) is 0 Å². The first-order valence-electron chi connectivity index (χ1n) is 6.02. The molecule has 6 heteroatoms. The third-order valence-electron chi connectivity index (χ3n) is 3.23. The van der Waals surface area contributed by atoms with Crippen LogP contribution >= 0.6 is 15.9 Å². The monoisotopic (exact) mass is 339 g/mol. The first-order chi connectivity index (χ1) is 9.27. The molecule has 0 N–H and O–H groups in total. The van der Waals surface area contributed by atoms with Crippen LogP contribution in [0.5, 0.6) is 0 Å². The van der Waals surface area contributed by atoms with E-state index in [0.717, 1.165) is 4.47 Å². The van der Waals surface area contributed by atoms with Gasteiger partial charge in [-0.3, -0.25) is 14.4 Å². The zero-order valence-electron chi connectivity index (χ0n) is 11.4. The Morgan fingerprint density at radius 3 is 2.60 bits per heavy atom. The van der Waals surface area contributed by atoms with Crippen LogP contribution < -0.4 is 4.90 Å². The van der Waals surface area contributed by atoms with Gasteiger partial charge in [0, 0.05) is 11.0 Å². The van der Waals surface area contributed by atoms with E-state index in [0.29, 0.717) is 11.3 Å². The van der Waals surface area contributed by atoms with Gasteiger partial charge in [0.15, 0.2) is 0 Å². The van der Waals surface area contributed by atoms with Crippen LogP contribution in [0.1, 0.15) is 24.2 Å². The minimum absolute atomic E-state index is 0.0910. The fraction of sp³-hybridized carbons (Fsp3) is 0.357. The third kappa shape index (κ3) is 2.35. The van der Waals surface area contributed by atoms with Crippen molar-refractivity contribution in [2.24, 2.45) is 5.41 Å². The van der Waals surface area contributed by atoms with Crippen LogP contribution in [0, 0.1) is 5.41 Å². The number of hydrogen-bond acceptors (Lipinski definition) is 4. The number of halogens is 1. The van der Waals surface area contributed by atoms with Gasteiger partial charge in [0.2, 0.25) is 0 Å². The highest BCUT2D eigenvalue weighted by atomic mass is 79.9. The molecule has 1 aromatic carbocycles. The second kappa shape index (κ2) is 5.01. The average molecular weight is 340 g/mol. The Morgan fingerprint density at radius 2 is 2.00 bits per heavy atom. The van der Waals surface area contributed by atoms with Gasteiger partial charge in [0.05, 0.1) is 23.8 Å². The fourth-order valence-electron chi connectivity index (χ4n) is 2.16. The largest absolute Gasteiger partial charge is 0.469 e. The zero-order chi connectivity index (χ0) is 15.1. The molecule has 0 saturated heterocycles. The molecule has 106 valence electrons. The second-order valence-corrected chi connectivity index (χ2v) is 6.17. The summed E-state index contributed by atoms with van der Waals surface area (Å²) in [6, 6.07) is 5.01. The highest BCUT2D eigenvalue weighted by Crippen LogP contribution is 2.34.